The number of nitrogens with zero attached hydrogens (tertiary/aromatic N) is 3. The van der Waals surface area contributed by atoms with E-state index in [2.05, 4.69) is 123 Å². The van der Waals surface area contributed by atoms with E-state index in [0.717, 1.165) is 56.3 Å². The fourth-order valence-corrected chi connectivity index (χ4v) is 10.2. The molecule has 0 bridgehead atoms. The van der Waals surface area contributed by atoms with Crippen molar-refractivity contribution in [2.24, 2.45) is 15.0 Å². The summed E-state index contributed by atoms with van der Waals surface area (Å²) in [6, 6.07) is 40.8. The molecule has 2 atom stereocenters. The molecule has 4 aliphatic rings. The van der Waals surface area contributed by atoms with Gasteiger partial charge in [0.05, 0.1) is 12.3 Å². The van der Waals surface area contributed by atoms with Crippen LogP contribution in [0.15, 0.2) is 176 Å². The van der Waals surface area contributed by atoms with Gasteiger partial charge in [0.2, 0.25) is 0 Å². The van der Waals surface area contributed by atoms with Crippen molar-refractivity contribution in [2.75, 3.05) is 6.54 Å². The van der Waals surface area contributed by atoms with Crippen molar-refractivity contribution >= 4 is 73.5 Å². The smallest absolute Gasteiger partial charge is 0.161 e. The van der Waals surface area contributed by atoms with Crippen LogP contribution in [0.2, 0.25) is 0 Å². The van der Waals surface area contributed by atoms with E-state index >= 15 is 0 Å². The molecule has 2 aliphatic carbocycles. The molecule has 0 fully saturated rings. The van der Waals surface area contributed by atoms with Crippen LogP contribution in [-0.2, 0) is 6.42 Å². The monoisotopic (exact) mass is 725 g/mol. The predicted molar refractivity (Wildman–Crippen MR) is 232 cm³/mol. The number of benzene rings is 6. The molecule has 0 saturated heterocycles. The van der Waals surface area contributed by atoms with Crippen molar-refractivity contribution in [3.05, 3.63) is 185 Å². The normalized spacial score (nSPS) is 18.6. The number of fused-ring (bicyclic) bond motifs is 6. The highest BCUT2D eigenvalue weighted by Crippen LogP contribution is 2.49. The standard InChI is InChI=1S/C50H35N3OS/c1-3-30-18-24-38-35(22-19-31-17-16-29(2)46(30)47(31)38)33-21-25-42-40(26-33)48-39(13-9-14-43(48)54-42)50-51-28-41(52-49(53-50)32-10-5-4-6-11-32)34-20-23-37-36-12-7-8-15-44(36)55-45(37)27-34/h3-16,18-27,37,45H,1,17,28H2,2H3. The lowest BCUT2D eigenvalue weighted by molar-refractivity contribution is 0.669. The molecule has 55 heavy (non-hydrogen) atoms. The van der Waals surface area contributed by atoms with Gasteiger partial charge in [0.25, 0.3) is 0 Å². The summed E-state index contributed by atoms with van der Waals surface area (Å²) in [7, 11) is 0. The molecule has 7 aromatic rings. The zero-order valence-corrected chi connectivity index (χ0v) is 31.1. The van der Waals surface area contributed by atoms with E-state index in [0.29, 0.717) is 29.4 Å². The predicted octanol–water partition coefficient (Wildman–Crippen LogP) is 12.4. The Morgan fingerprint density at radius 2 is 1.65 bits per heavy atom. The van der Waals surface area contributed by atoms with Gasteiger partial charge in [0, 0.05) is 38.0 Å². The molecule has 0 spiro atoms. The molecule has 5 heteroatoms. The van der Waals surface area contributed by atoms with Gasteiger partial charge in [-0.3, -0.25) is 4.99 Å². The Morgan fingerprint density at radius 3 is 2.56 bits per heavy atom. The molecule has 4 nitrogen and oxygen atoms in total. The molecule has 1 aromatic heterocycles. The third-order valence-corrected chi connectivity index (χ3v) is 12.8. The van der Waals surface area contributed by atoms with Gasteiger partial charge in [-0.1, -0.05) is 128 Å². The van der Waals surface area contributed by atoms with E-state index in [9.17, 15) is 0 Å². The lowest BCUT2D eigenvalue weighted by Gasteiger charge is -2.21. The number of thioether (sulfide) groups is 1. The van der Waals surface area contributed by atoms with Crippen LogP contribution >= 0.6 is 11.8 Å². The van der Waals surface area contributed by atoms with Crippen LogP contribution in [0.4, 0.5) is 0 Å². The molecule has 2 aliphatic heterocycles. The first-order valence-electron chi connectivity index (χ1n) is 18.9. The van der Waals surface area contributed by atoms with Crippen LogP contribution in [0, 0.1) is 0 Å². The van der Waals surface area contributed by atoms with Crippen molar-refractivity contribution in [2.45, 2.75) is 29.4 Å². The first kappa shape index (κ1) is 32.2. The van der Waals surface area contributed by atoms with E-state index in [4.69, 9.17) is 19.4 Å². The molecule has 11 rings (SSSR count). The van der Waals surface area contributed by atoms with Gasteiger partial charge in [-0.25, -0.2) is 9.98 Å². The van der Waals surface area contributed by atoms with E-state index < -0.39 is 0 Å². The number of aliphatic imine (C=N–C) groups is 3. The summed E-state index contributed by atoms with van der Waals surface area (Å²) < 4.78 is 6.53. The lowest BCUT2D eigenvalue weighted by atomic mass is 9.83. The zero-order valence-electron chi connectivity index (χ0n) is 30.3. The Labute approximate surface area is 323 Å². The van der Waals surface area contributed by atoms with Crippen LogP contribution in [-0.4, -0.2) is 29.2 Å². The maximum atomic E-state index is 6.53. The van der Waals surface area contributed by atoms with Gasteiger partial charge >= 0.3 is 0 Å². The van der Waals surface area contributed by atoms with Crippen molar-refractivity contribution < 1.29 is 4.42 Å². The highest BCUT2D eigenvalue weighted by atomic mass is 32.2. The zero-order chi connectivity index (χ0) is 36.6. The minimum atomic E-state index is 0.330. The van der Waals surface area contributed by atoms with E-state index in [1.54, 1.807) is 0 Å². The Bertz CT molecular complexity index is 2990. The van der Waals surface area contributed by atoms with Gasteiger partial charge in [-0.05, 0) is 92.9 Å². The average molecular weight is 726 g/mol. The molecule has 262 valence electrons. The molecule has 0 N–H and O–H groups in total. The average Bonchev–Trinajstić information content (AvgIpc) is 3.71. The molecular formula is C50H35N3OS. The molecule has 2 unspecified atom stereocenters. The SMILES string of the molecule is C=Cc1ccc2c(-c3ccc4oc5cccc(C6=NCC(C7=CC8Sc9ccccc9C8C=C7)=NC(c7ccccc7)=N6)c5c4c3)ccc3c2c1C(C)=CC3. The second kappa shape index (κ2) is 12.6. The van der Waals surface area contributed by atoms with Crippen molar-refractivity contribution in [3.8, 4) is 11.1 Å². The molecule has 0 saturated carbocycles. The third kappa shape index (κ3) is 5.18. The number of allylic oxidation sites excluding steroid dienone is 4. The Kier molecular flexibility index (Phi) is 7.39. The second-order valence-electron chi connectivity index (χ2n) is 14.6. The van der Waals surface area contributed by atoms with Crippen LogP contribution in [0.5, 0.6) is 0 Å². The van der Waals surface area contributed by atoms with Crippen LogP contribution < -0.4 is 0 Å². The molecule has 3 heterocycles. The number of amidine groups is 2. The largest absolute Gasteiger partial charge is 0.456 e. The number of hydrogen-bond acceptors (Lipinski definition) is 5. The van der Waals surface area contributed by atoms with Crippen molar-refractivity contribution in [3.63, 3.8) is 0 Å². The summed E-state index contributed by atoms with van der Waals surface area (Å²) in [5, 5.41) is 4.96. The fourth-order valence-electron chi connectivity index (χ4n) is 8.83. The Balaban J connectivity index is 1.04. The topological polar surface area (TPSA) is 50.2 Å². The number of furan rings is 1. The first-order chi connectivity index (χ1) is 27.1. The summed E-state index contributed by atoms with van der Waals surface area (Å²) in [6.45, 7) is 6.75. The first-order valence-corrected chi connectivity index (χ1v) is 19.8. The molecular weight excluding hydrogens is 691 g/mol. The van der Waals surface area contributed by atoms with E-state index in [-0.39, 0.29) is 0 Å². The quantitative estimate of drug-likeness (QED) is 0.177. The molecule has 0 radical (unpaired) electrons. The van der Waals surface area contributed by atoms with E-state index in [1.807, 2.05) is 48.2 Å². The maximum Gasteiger partial charge on any atom is 0.161 e. The number of hydrogen-bond donors (Lipinski definition) is 0. The maximum absolute atomic E-state index is 6.53. The van der Waals surface area contributed by atoms with Gasteiger partial charge in [0.15, 0.2) is 11.7 Å². The highest BCUT2D eigenvalue weighted by Gasteiger charge is 2.33. The van der Waals surface area contributed by atoms with Crippen molar-refractivity contribution in [1.29, 1.82) is 0 Å². The van der Waals surface area contributed by atoms with Gasteiger partial charge < -0.3 is 4.42 Å². The lowest BCUT2D eigenvalue weighted by Crippen LogP contribution is -2.16. The van der Waals surface area contributed by atoms with E-state index in [1.165, 1.54) is 49.1 Å². The number of rotatable bonds is 5. The third-order valence-electron chi connectivity index (χ3n) is 11.5. The summed E-state index contributed by atoms with van der Waals surface area (Å²) in [5.74, 6) is 1.68. The fraction of sp³-hybridized carbons (Fsp3) is 0.100. The van der Waals surface area contributed by atoms with Crippen LogP contribution in [0.1, 0.15) is 46.2 Å². The Hall–Kier alpha value is -6.30. The summed E-state index contributed by atoms with van der Waals surface area (Å²) in [5.41, 5.74) is 14.4. The van der Waals surface area contributed by atoms with Crippen molar-refractivity contribution in [1.82, 2.24) is 0 Å². The summed E-state index contributed by atoms with van der Waals surface area (Å²) in [4.78, 5) is 17.1. The minimum absolute atomic E-state index is 0.330. The van der Waals surface area contributed by atoms with Gasteiger partial charge in [-0.15, -0.1) is 11.8 Å². The summed E-state index contributed by atoms with van der Waals surface area (Å²) in [6.07, 6.45) is 12.2. The second-order valence-corrected chi connectivity index (χ2v) is 15.9. The Morgan fingerprint density at radius 1 is 0.764 bits per heavy atom. The highest BCUT2D eigenvalue weighted by molar-refractivity contribution is 8.00. The summed E-state index contributed by atoms with van der Waals surface area (Å²) >= 11 is 1.93. The minimum Gasteiger partial charge on any atom is -0.456 e. The molecule has 6 aromatic carbocycles. The van der Waals surface area contributed by atoms with Gasteiger partial charge in [-0.2, -0.15) is 0 Å². The van der Waals surface area contributed by atoms with Gasteiger partial charge in [0.1, 0.15) is 11.2 Å². The molecule has 0 amide bonds. The van der Waals surface area contributed by atoms with Crippen LogP contribution in [0.25, 0.3) is 55.5 Å². The van der Waals surface area contributed by atoms with Crippen LogP contribution in [0.3, 0.4) is 0 Å².